The maximum atomic E-state index is 12.0. The Labute approximate surface area is 159 Å². The van der Waals surface area contributed by atoms with Gasteiger partial charge in [0.25, 0.3) is 0 Å². The van der Waals surface area contributed by atoms with E-state index >= 15 is 0 Å². The van der Waals surface area contributed by atoms with Crippen molar-refractivity contribution in [3.8, 4) is 0 Å². The van der Waals surface area contributed by atoms with Crippen molar-refractivity contribution in [2.24, 2.45) is 5.14 Å². The predicted molar refractivity (Wildman–Crippen MR) is 106 cm³/mol. The first kappa shape index (κ1) is 19.1. The standard InChI is InChI=1S/C20H23N3O3S/c21-27(25,26)18-9-6-16(7-10-18)8-11-20(24)22-13-3-14-23-15-12-17-4-1-2-5-19(17)23/h1-2,4-7,9-10,12,15H,3,8,11,13-14H2,(H,22,24)(H2,21,25,26). The maximum absolute atomic E-state index is 12.0. The summed E-state index contributed by atoms with van der Waals surface area (Å²) in [7, 11) is -3.68. The van der Waals surface area contributed by atoms with E-state index in [-0.39, 0.29) is 10.8 Å². The molecule has 2 aromatic carbocycles. The molecule has 27 heavy (non-hydrogen) atoms. The van der Waals surface area contributed by atoms with Crippen LogP contribution in [0.2, 0.25) is 0 Å². The van der Waals surface area contributed by atoms with Crippen molar-refractivity contribution < 1.29 is 13.2 Å². The van der Waals surface area contributed by atoms with Gasteiger partial charge in [0, 0.05) is 31.2 Å². The Morgan fingerprint density at radius 3 is 2.52 bits per heavy atom. The number of aryl methyl sites for hydroxylation is 2. The van der Waals surface area contributed by atoms with Gasteiger partial charge in [0.2, 0.25) is 15.9 Å². The van der Waals surface area contributed by atoms with Gasteiger partial charge in [-0.2, -0.15) is 0 Å². The normalized spacial score (nSPS) is 11.6. The number of para-hydroxylation sites is 1. The Balaban J connectivity index is 1.40. The van der Waals surface area contributed by atoms with E-state index in [9.17, 15) is 13.2 Å². The van der Waals surface area contributed by atoms with Crippen LogP contribution in [0.5, 0.6) is 0 Å². The number of carbonyl (C=O) groups is 1. The molecule has 0 bridgehead atoms. The van der Waals surface area contributed by atoms with Crippen LogP contribution in [-0.2, 0) is 27.8 Å². The topological polar surface area (TPSA) is 94.2 Å². The van der Waals surface area contributed by atoms with Crippen molar-refractivity contribution >= 4 is 26.8 Å². The minimum absolute atomic E-state index is 0.0112. The van der Waals surface area contributed by atoms with E-state index in [1.165, 1.54) is 23.0 Å². The molecule has 1 heterocycles. The molecule has 1 aromatic heterocycles. The van der Waals surface area contributed by atoms with Gasteiger partial charge in [0.05, 0.1) is 4.90 Å². The summed E-state index contributed by atoms with van der Waals surface area (Å²) in [4.78, 5) is 12.1. The number of fused-ring (bicyclic) bond motifs is 1. The van der Waals surface area contributed by atoms with Gasteiger partial charge in [-0.05, 0) is 48.1 Å². The lowest BCUT2D eigenvalue weighted by Gasteiger charge is -2.08. The number of benzene rings is 2. The van der Waals surface area contributed by atoms with Crippen LogP contribution in [0.3, 0.4) is 0 Å². The number of hydrogen-bond donors (Lipinski definition) is 2. The molecular formula is C20H23N3O3S. The molecule has 6 nitrogen and oxygen atoms in total. The molecule has 0 aliphatic carbocycles. The molecule has 0 saturated heterocycles. The van der Waals surface area contributed by atoms with Gasteiger partial charge in [-0.1, -0.05) is 30.3 Å². The summed E-state index contributed by atoms with van der Waals surface area (Å²) in [5.74, 6) is -0.0112. The van der Waals surface area contributed by atoms with E-state index in [2.05, 4.69) is 34.3 Å². The number of nitrogens with two attached hydrogens (primary N) is 1. The van der Waals surface area contributed by atoms with Gasteiger partial charge >= 0.3 is 0 Å². The molecular weight excluding hydrogens is 362 g/mol. The van der Waals surface area contributed by atoms with Gasteiger partial charge < -0.3 is 9.88 Å². The quantitative estimate of drug-likeness (QED) is 0.583. The second-order valence-corrected chi connectivity index (χ2v) is 8.02. The molecule has 0 unspecified atom stereocenters. The average Bonchev–Trinajstić information content (AvgIpc) is 3.06. The molecule has 0 radical (unpaired) electrons. The summed E-state index contributed by atoms with van der Waals surface area (Å²) in [5.41, 5.74) is 2.10. The predicted octanol–water partition coefficient (Wildman–Crippen LogP) is 2.43. The van der Waals surface area contributed by atoms with Gasteiger partial charge in [-0.15, -0.1) is 0 Å². The molecule has 1 amide bonds. The van der Waals surface area contributed by atoms with Crippen LogP contribution in [0.25, 0.3) is 10.9 Å². The van der Waals surface area contributed by atoms with Crippen molar-refractivity contribution in [3.05, 3.63) is 66.4 Å². The highest BCUT2D eigenvalue weighted by molar-refractivity contribution is 7.89. The van der Waals surface area contributed by atoms with E-state index in [0.717, 1.165) is 18.5 Å². The first-order valence-electron chi connectivity index (χ1n) is 8.86. The maximum Gasteiger partial charge on any atom is 0.238 e. The van der Waals surface area contributed by atoms with E-state index in [0.29, 0.717) is 19.4 Å². The highest BCUT2D eigenvalue weighted by atomic mass is 32.2. The third-order valence-electron chi connectivity index (χ3n) is 4.47. The smallest absolute Gasteiger partial charge is 0.238 e. The number of aromatic nitrogens is 1. The van der Waals surface area contributed by atoms with E-state index in [4.69, 9.17) is 5.14 Å². The summed E-state index contributed by atoms with van der Waals surface area (Å²) >= 11 is 0. The molecule has 0 saturated carbocycles. The van der Waals surface area contributed by atoms with Crippen LogP contribution in [0.15, 0.2) is 65.7 Å². The zero-order valence-electron chi connectivity index (χ0n) is 15.0. The van der Waals surface area contributed by atoms with E-state index in [1.54, 1.807) is 12.1 Å². The fourth-order valence-electron chi connectivity index (χ4n) is 3.00. The lowest BCUT2D eigenvalue weighted by molar-refractivity contribution is -0.121. The van der Waals surface area contributed by atoms with Gasteiger partial charge in [0.1, 0.15) is 0 Å². The van der Waals surface area contributed by atoms with Crippen molar-refractivity contribution in [1.82, 2.24) is 9.88 Å². The SMILES string of the molecule is NS(=O)(=O)c1ccc(CCC(=O)NCCCn2ccc3ccccc32)cc1. The molecule has 3 aromatic rings. The van der Waals surface area contributed by atoms with Crippen LogP contribution in [0, 0.1) is 0 Å². The Morgan fingerprint density at radius 2 is 1.78 bits per heavy atom. The minimum atomic E-state index is -3.68. The van der Waals surface area contributed by atoms with Crippen molar-refractivity contribution in [3.63, 3.8) is 0 Å². The third-order valence-corrected chi connectivity index (χ3v) is 5.40. The summed E-state index contributed by atoms with van der Waals surface area (Å²) in [5, 5.41) is 9.22. The summed E-state index contributed by atoms with van der Waals surface area (Å²) in [6.07, 6.45) is 3.84. The number of nitrogens with zero attached hydrogens (tertiary/aromatic N) is 1. The zero-order valence-corrected chi connectivity index (χ0v) is 15.8. The number of rotatable bonds is 8. The molecule has 0 spiro atoms. The number of hydrogen-bond acceptors (Lipinski definition) is 3. The van der Waals surface area contributed by atoms with Gasteiger partial charge in [0.15, 0.2) is 0 Å². The van der Waals surface area contributed by atoms with Crippen LogP contribution in [-0.4, -0.2) is 25.4 Å². The average molecular weight is 385 g/mol. The van der Waals surface area contributed by atoms with Crippen LogP contribution in [0.1, 0.15) is 18.4 Å². The van der Waals surface area contributed by atoms with Crippen molar-refractivity contribution in [1.29, 1.82) is 0 Å². The van der Waals surface area contributed by atoms with E-state index in [1.807, 2.05) is 12.1 Å². The fourth-order valence-corrected chi connectivity index (χ4v) is 3.52. The highest BCUT2D eigenvalue weighted by Crippen LogP contribution is 2.15. The van der Waals surface area contributed by atoms with Crippen LogP contribution in [0.4, 0.5) is 0 Å². The molecule has 7 heteroatoms. The second kappa shape index (κ2) is 8.37. The number of carbonyl (C=O) groups excluding carboxylic acids is 1. The Bertz CT molecular complexity index is 1020. The third kappa shape index (κ3) is 5.18. The number of nitrogens with one attached hydrogen (secondary N) is 1. The van der Waals surface area contributed by atoms with Gasteiger partial charge in [-0.3, -0.25) is 4.79 Å². The monoisotopic (exact) mass is 385 g/mol. The molecule has 3 rings (SSSR count). The minimum Gasteiger partial charge on any atom is -0.356 e. The second-order valence-electron chi connectivity index (χ2n) is 6.46. The number of primary sulfonamides is 1. The number of sulfonamides is 1. The van der Waals surface area contributed by atoms with Gasteiger partial charge in [-0.25, -0.2) is 13.6 Å². The fraction of sp³-hybridized carbons (Fsp3) is 0.250. The molecule has 0 fully saturated rings. The molecule has 0 aliphatic heterocycles. The lowest BCUT2D eigenvalue weighted by Crippen LogP contribution is -2.25. The molecule has 0 atom stereocenters. The summed E-state index contributed by atoms with van der Waals surface area (Å²) < 4.78 is 24.6. The van der Waals surface area contributed by atoms with E-state index < -0.39 is 10.0 Å². The Kier molecular flexibility index (Phi) is 5.93. The number of amides is 1. The van der Waals surface area contributed by atoms with Crippen molar-refractivity contribution in [2.75, 3.05) is 6.54 Å². The Morgan fingerprint density at radius 1 is 1.04 bits per heavy atom. The van der Waals surface area contributed by atoms with Crippen LogP contribution >= 0.6 is 0 Å². The molecule has 142 valence electrons. The van der Waals surface area contributed by atoms with Crippen LogP contribution < -0.4 is 10.5 Å². The lowest BCUT2D eigenvalue weighted by atomic mass is 10.1. The van der Waals surface area contributed by atoms with Crippen molar-refractivity contribution in [2.45, 2.75) is 30.7 Å². The Hall–Kier alpha value is -2.64. The summed E-state index contributed by atoms with van der Waals surface area (Å²) in [6.45, 7) is 1.47. The molecule has 3 N–H and O–H groups in total. The largest absolute Gasteiger partial charge is 0.356 e. The highest BCUT2D eigenvalue weighted by Gasteiger charge is 2.08. The summed E-state index contributed by atoms with van der Waals surface area (Å²) in [6, 6.07) is 16.6. The zero-order chi connectivity index (χ0) is 19.3. The molecule has 0 aliphatic rings. The first-order chi connectivity index (χ1) is 12.9. The first-order valence-corrected chi connectivity index (χ1v) is 10.4.